The largest absolute Gasteiger partial charge is 0.493 e. The van der Waals surface area contributed by atoms with Gasteiger partial charge in [-0.25, -0.2) is 0 Å². The molecule has 5 heteroatoms. The van der Waals surface area contributed by atoms with Crippen molar-refractivity contribution in [3.8, 4) is 22.8 Å². The number of benzene rings is 1. The Kier molecular flexibility index (Phi) is 4.85. The molecule has 0 saturated carbocycles. The quantitative estimate of drug-likeness (QED) is 0.887. The lowest BCUT2D eigenvalue weighted by molar-refractivity contribution is 0.355. The van der Waals surface area contributed by atoms with Gasteiger partial charge < -0.3 is 14.8 Å². The van der Waals surface area contributed by atoms with Gasteiger partial charge in [-0.3, -0.25) is 4.68 Å². The van der Waals surface area contributed by atoms with Gasteiger partial charge in [0.25, 0.3) is 0 Å². The normalized spacial score (nSPS) is 10.7. The fraction of sp³-hybridized carbons (Fsp3) is 0.438. The van der Waals surface area contributed by atoms with E-state index >= 15 is 0 Å². The van der Waals surface area contributed by atoms with Crippen LogP contribution in [0.4, 0.5) is 0 Å². The SMILES string of the molecule is CCNCc1cn(C)nc1-c1cc(OC)c(OC)cc1C. The van der Waals surface area contributed by atoms with E-state index in [-0.39, 0.29) is 0 Å². The van der Waals surface area contributed by atoms with Gasteiger partial charge in [0.2, 0.25) is 0 Å². The molecule has 5 nitrogen and oxygen atoms in total. The number of nitrogens with one attached hydrogen (secondary N) is 1. The standard InChI is InChI=1S/C16H23N3O2/c1-6-17-9-12-10-19(3)18-16(12)13-8-15(21-5)14(20-4)7-11(13)2/h7-8,10,17H,6,9H2,1-5H3. The first-order valence-electron chi connectivity index (χ1n) is 7.06. The van der Waals surface area contributed by atoms with Gasteiger partial charge in [-0.1, -0.05) is 6.92 Å². The van der Waals surface area contributed by atoms with Gasteiger partial charge >= 0.3 is 0 Å². The lowest BCUT2D eigenvalue weighted by atomic mass is 10.0. The van der Waals surface area contributed by atoms with Crippen LogP contribution in [0.2, 0.25) is 0 Å². The summed E-state index contributed by atoms with van der Waals surface area (Å²) in [5, 5.41) is 7.96. The van der Waals surface area contributed by atoms with E-state index in [4.69, 9.17) is 9.47 Å². The van der Waals surface area contributed by atoms with Crippen LogP contribution in [0.3, 0.4) is 0 Å². The van der Waals surface area contributed by atoms with E-state index in [0.29, 0.717) is 0 Å². The van der Waals surface area contributed by atoms with Crippen molar-refractivity contribution in [2.75, 3.05) is 20.8 Å². The van der Waals surface area contributed by atoms with Gasteiger partial charge in [0.05, 0.1) is 19.9 Å². The van der Waals surface area contributed by atoms with E-state index in [1.807, 2.05) is 30.1 Å². The molecule has 0 unspecified atom stereocenters. The second-order valence-corrected chi connectivity index (χ2v) is 4.98. The van der Waals surface area contributed by atoms with E-state index in [2.05, 4.69) is 24.3 Å². The number of hydrogen-bond acceptors (Lipinski definition) is 4. The van der Waals surface area contributed by atoms with Crippen LogP contribution in [-0.4, -0.2) is 30.5 Å². The molecule has 21 heavy (non-hydrogen) atoms. The van der Waals surface area contributed by atoms with Crippen LogP contribution in [0.5, 0.6) is 11.5 Å². The van der Waals surface area contributed by atoms with E-state index < -0.39 is 0 Å². The average Bonchev–Trinajstić information content (AvgIpc) is 2.85. The average molecular weight is 289 g/mol. The Labute approximate surface area is 125 Å². The smallest absolute Gasteiger partial charge is 0.161 e. The highest BCUT2D eigenvalue weighted by atomic mass is 16.5. The molecule has 0 aliphatic rings. The topological polar surface area (TPSA) is 48.3 Å². The molecule has 1 aromatic carbocycles. The minimum atomic E-state index is 0.721. The Hall–Kier alpha value is -2.01. The van der Waals surface area contributed by atoms with Crippen LogP contribution in [0, 0.1) is 6.92 Å². The highest BCUT2D eigenvalue weighted by Gasteiger charge is 2.15. The summed E-state index contributed by atoms with van der Waals surface area (Å²) in [5.41, 5.74) is 4.34. The van der Waals surface area contributed by atoms with Crippen LogP contribution >= 0.6 is 0 Å². The molecule has 0 aliphatic heterocycles. The summed E-state index contributed by atoms with van der Waals surface area (Å²) in [6.07, 6.45) is 2.05. The van der Waals surface area contributed by atoms with Crippen molar-refractivity contribution in [3.63, 3.8) is 0 Å². The van der Waals surface area contributed by atoms with Crippen LogP contribution < -0.4 is 14.8 Å². The molecule has 0 fully saturated rings. The van der Waals surface area contributed by atoms with Crippen molar-refractivity contribution in [1.82, 2.24) is 15.1 Å². The van der Waals surface area contributed by atoms with Crippen molar-refractivity contribution in [2.45, 2.75) is 20.4 Å². The fourth-order valence-electron chi connectivity index (χ4n) is 2.39. The number of aryl methyl sites for hydroxylation is 2. The number of hydrogen-bond donors (Lipinski definition) is 1. The molecule has 0 bridgehead atoms. The highest BCUT2D eigenvalue weighted by molar-refractivity contribution is 5.70. The van der Waals surface area contributed by atoms with E-state index in [1.165, 1.54) is 5.56 Å². The third-order valence-corrected chi connectivity index (χ3v) is 3.46. The summed E-state index contributed by atoms with van der Waals surface area (Å²) in [6, 6.07) is 3.98. The zero-order chi connectivity index (χ0) is 15.4. The van der Waals surface area contributed by atoms with Gasteiger partial charge in [-0.05, 0) is 31.2 Å². The number of aromatic nitrogens is 2. The summed E-state index contributed by atoms with van der Waals surface area (Å²) >= 11 is 0. The Morgan fingerprint density at radius 2 is 1.86 bits per heavy atom. The predicted molar refractivity (Wildman–Crippen MR) is 83.9 cm³/mol. The van der Waals surface area contributed by atoms with E-state index in [0.717, 1.165) is 41.4 Å². The second kappa shape index (κ2) is 6.63. The predicted octanol–water partition coefficient (Wildman–Crippen LogP) is 2.52. The third-order valence-electron chi connectivity index (χ3n) is 3.46. The molecule has 2 aromatic rings. The summed E-state index contributed by atoms with van der Waals surface area (Å²) < 4.78 is 12.6. The molecule has 1 aromatic heterocycles. The van der Waals surface area contributed by atoms with Gasteiger partial charge in [0.1, 0.15) is 0 Å². The maximum Gasteiger partial charge on any atom is 0.161 e. The summed E-state index contributed by atoms with van der Waals surface area (Å²) in [6.45, 7) is 5.88. The van der Waals surface area contributed by atoms with Crippen LogP contribution in [0.1, 0.15) is 18.1 Å². The van der Waals surface area contributed by atoms with Gasteiger partial charge in [0, 0.05) is 30.9 Å². The van der Waals surface area contributed by atoms with Gasteiger partial charge in [-0.2, -0.15) is 5.10 Å². The third kappa shape index (κ3) is 3.19. The molecule has 1 heterocycles. The number of methoxy groups -OCH3 is 2. The molecule has 0 spiro atoms. The second-order valence-electron chi connectivity index (χ2n) is 4.98. The number of nitrogens with zero attached hydrogens (tertiary/aromatic N) is 2. The van der Waals surface area contributed by atoms with Crippen molar-refractivity contribution in [3.05, 3.63) is 29.5 Å². The molecular weight excluding hydrogens is 266 g/mol. The first-order valence-corrected chi connectivity index (χ1v) is 7.06. The summed E-state index contributed by atoms with van der Waals surface area (Å²) in [7, 11) is 5.23. The summed E-state index contributed by atoms with van der Waals surface area (Å²) in [5.74, 6) is 1.46. The molecule has 0 atom stereocenters. The Balaban J connectivity index is 2.50. The molecule has 0 saturated heterocycles. The molecule has 2 rings (SSSR count). The molecule has 0 aliphatic carbocycles. The van der Waals surface area contributed by atoms with E-state index in [1.54, 1.807) is 14.2 Å². The first-order chi connectivity index (χ1) is 10.1. The maximum atomic E-state index is 5.41. The van der Waals surface area contributed by atoms with Gasteiger partial charge in [0.15, 0.2) is 11.5 Å². The number of ether oxygens (including phenoxy) is 2. The van der Waals surface area contributed by atoms with Crippen molar-refractivity contribution >= 4 is 0 Å². The number of rotatable bonds is 6. The van der Waals surface area contributed by atoms with Crippen molar-refractivity contribution in [1.29, 1.82) is 0 Å². The van der Waals surface area contributed by atoms with Crippen LogP contribution in [0.25, 0.3) is 11.3 Å². The van der Waals surface area contributed by atoms with E-state index in [9.17, 15) is 0 Å². The maximum absolute atomic E-state index is 5.41. The summed E-state index contributed by atoms with van der Waals surface area (Å²) in [4.78, 5) is 0. The Morgan fingerprint density at radius 3 is 2.48 bits per heavy atom. The minimum absolute atomic E-state index is 0.721. The highest BCUT2D eigenvalue weighted by Crippen LogP contribution is 2.35. The molecule has 0 amide bonds. The van der Waals surface area contributed by atoms with Crippen molar-refractivity contribution in [2.24, 2.45) is 7.05 Å². The zero-order valence-corrected chi connectivity index (χ0v) is 13.4. The Bertz CT molecular complexity index is 620. The molecular formula is C16H23N3O2. The van der Waals surface area contributed by atoms with Crippen molar-refractivity contribution < 1.29 is 9.47 Å². The van der Waals surface area contributed by atoms with Crippen LogP contribution in [-0.2, 0) is 13.6 Å². The van der Waals surface area contributed by atoms with Gasteiger partial charge in [-0.15, -0.1) is 0 Å². The minimum Gasteiger partial charge on any atom is -0.493 e. The van der Waals surface area contributed by atoms with Crippen LogP contribution in [0.15, 0.2) is 18.3 Å². The molecule has 114 valence electrons. The molecule has 1 N–H and O–H groups in total. The molecule has 0 radical (unpaired) electrons. The fourth-order valence-corrected chi connectivity index (χ4v) is 2.39. The lowest BCUT2D eigenvalue weighted by Gasteiger charge is -2.12. The lowest BCUT2D eigenvalue weighted by Crippen LogP contribution is -2.12. The first kappa shape index (κ1) is 15.4. The zero-order valence-electron chi connectivity index (χ0n) is 13.4. The Morgan fingerprint density at radius 1 is 1.19 bits per heavy atom. The monoisotopic (exact) mass is 289 g/mol.